The molecule has 0 unspecified atom stereocenters. The quantitative estimate of drug-likeness (QED) is 0.879. The zero-order valence-electron chi connectivity index (χ0n) is 11.8. The lowest BCUT2D eigenvalue weighted by molar-refractivity contribution is 0.116. The largest absolute Gasteiger partial charge is 0.395 e. The maximum absolute atomic E-state index is 9.91. The molecule has 2 nitrogen and oxygen atoms in total. The number of aryl methyl sites for hydroxylation is 1. The third-order valence-corrected chi connectivity index (χ3v) is 4.38. The zero-order chi connectivity index (χ0) is 15.5. The van der Waals surface area contributed by atoms with Crippen molar-refractivity contribution in [1.29, 1.82) is 0 Å². The number of halogens is 2. The number of hydrogen-bond acceptors (Lipinski definition) is 2. The van der Waals surface area contributed by atoms with Crippen molar-refractivity contribution in [2.24, 2.45) is 0 Å². The van der Waals surface area contributed by atoms with E-state index in [1.54, 1.807) is 18.2 Å². The van der Waals surface area contributed by atoms with Crippen molar-refractivity contribution in [3.05, 3.63) is 69.2 Å². The van der Waals surface area contributed by atoms with E-state index in [-0.39, 0.29) is 13.2 Å². The fourth-order valence-electron chi connectivity index (χ4n) is 2.46. The summed E-state index contributed by atoms with van der Waals surface area (Å²) in [4.78, 5) is 0. The summed E-state index contributed by atoms with van der Waals surface area (Å²) < 4.78 is 0. The van der Waals surface area contributed by atoms with E-state index in [9.17, 15) is 10.2 Å². The summed E-state index contributed by atoms with van der Waals surface area (Å²) in [6, 6.07) is 13.0. The van der Waals surface area contributed by atoms with Gasteiger partial charge in [0.2, 0.25) is 0 Å². The third-order valence-electron chi connectivity index (χ3n) is 3.77. The van der Waals surface area contributed by atoms with E-state index in [4.69, 9.17) is 23.2 Å². The molecule has 21 heavy (non-hydrogen) atoms. The molecule has 0 saturated heterocycles. The van der Waals surface area contributed by atoms with E-state index in [2.05, 4.69) is 0 Å². The Morgan fingerprint density at radius 1 is 1.00 bits per heavy atom. The van der Waals surface area contributed by atoms with Crippen LogP contribution >= 0.6 is 23.2 Å². The van der Waals surface area contributed by atoms with Crippen LogP contribution < -0.4 is 0 Å². The molecule has 112 valence electrons. The van der Waals surface area contributed by atoms with Crippen LogP contribution in [0.15, 0.2) is 42.5 Å². The van der Waals surface area contributed by atoms with Gasteiger partial charge in [-0.05, 0) is 42.7 Å². The lowest BCUT2D eigenvalue weighted by Crippen LogP contribution is -2.37. The Labute approximate surface area is 135 Å². The highest BCUT2D eigenvalue weighted by Crippen LogP contribution is 2.32. The standard InChI is InChI=1S/C17H18Cl2O2/c1-12-3-2-4-14(7-12)17(10-20,11-21)9-13-8-15(18)5-6-16(13)19/h2-8,20-21H,9-11H2,1H3. The van der Waals surface area contributed by atoms with Gasteiger partial charge in [-0.15, -0.1) is 0 Å². The van der Waals surface area contributed by atoms with Gasteiger partial charge in [-0.1, -0.05) is 53.0 Å². The highest BCUT2D eigenvalue weighted by Gasteiger charge is 2.32. The van der Waals surface area contributed by atoms with Crippen molar-refractivity contribution in [1.82, 2.24) is 0 Å². The smallest absolute Gasteiger partial charge is 0.0553 e. The SMILES string of the molecule is Cc1cccc(C(CO)(CO)Cc2cc(Cl)ccc2Cl)c1. The highest BCUT2D eigenvalue weighted by atomic mass is 35.5. The van der Waals surface area contributed by atoms with Gasteiger partial charge in [0.1, 0.15) is 0 Å². The van der Waals surface area contributed by atoms with Crippen LogP contribution in [-0.2, 0) is 11.8 Å². The normalized spacial score (nSPS) is 11.7. The van der Waals surface area contributed by atoms with E-state index in [1.165, 1.54) is 0 Å². The molecule has 0 radical (unpaired) electrons. The van der Waals surface area contributed by atoms with Gasteiger partial charge >= 0.3 is 0 Å². The monoisotopic (exact) mass is 324 g/mol. The first-order valence-electron chi connectivity index (χ1n) is 6.73. The Morgan fingerprint density at radius 3 is 2.33 bits per heavy atom. The van der Waals surface area contributed by atoms with E-state index in [0.717, 1.165) is 16.7 Å². The van der Waals surface area contributed by atoms with Crippen LogP contribution in [0.1, 0.15) is 16.7 Å². The first kappa shape index (κ1) is 16.3. The number of hydrogen-bond donors (Lipinski definition) is 2. The Bertz CT molecular complexity index is 622. The molecular weight excluding hydrogens is 307 g/mol. The topological polar surface area (TPSA) is 40.5 Å². The van der Waals surface area contributed by atoms with Gasteiger partial charge in [0, 0.05) is 15.5 Å². The molecule has 0 aliphatic heterocycles. The summed E-state index contributed by atoms with van der Waals surface area (Å²) in [6.45, 7) is 1.64. The third kappa shape index (κ3) is 3.58. The minimum atomic E-state index is -0.777. The molecule has 0 heterocycles. The second-order valence-corrected chi connectivity index (χ2v) is 6.22. The van der Waals surface area contributed by atoms with Gasteiger partial charge in [0.15, 0.2) is 0 Å². The Balaban J connectivity index is 2.45. The van der Waals surface area contributed by atoms with Gasteiger partial charge in [-0.25, -0.2) is 0 Å². The average Bonchev–Trinajstić information content (AvgIpc) is 2.48. The molecule has 2 N–H and O–H groups in total. The molecule has 4 heteroatoms. The molecule has 0 fully saturated rings. The molecule has 2 aromatic rings. The molecule has 0 bridgehead atoms. The summed E-state index contributed by atoms with van der Waals surface area (Å²) in [5.74, 6) is 0. The summed E-state index contributed by atoms with van der Waals surface area (Å²) in [6.07, 6.45) is 0.419. The van der Waals surface area contributed by atoms with Crippen LogP contribution in [0.25, 0.3) is 0 Å². The number of benzene rings is 2. The van der Waals surface area contributed by atoms with Crippen LogP contribution in [-0.4, -0.2) is 23.4 Å². The average molecular weight is 325 g/mol. The van der Waals surface area contributed by atoms with Crippen molar-refractivity contribution in [3.63, 3.8) is 0 Å². The predicted molar refractivity (Wildman–Crippen MR) is 87.2 cm³/mol. The molecular formula is C17H18Cl2O2. The first-order chi connectivity index (χ1) is 10.0. The molecule has 2 rings (SSSR count). The molecule has 0 atom stereocenters. The Hall–Kier alpha value is -1.06. The van der Waals surface area contributed by atoms with Crippen molar-refractivity contribution in [3.8, 4) is 0 Å². The van der Waals surface area contributed by atoms with Crippen LogP contribution in [0.4, 0.5) is 0 Å². The molecule has 2 aromatic carbocycles. The number of rotatable bonds is 5. The van der Waals surface area contributed by atoms with E-state index in [1.807, 2.05) is 31.2 Å². The van der Waals surface area contributed by atoms with Gasteiger partial charge in [-0.2, -0.15) is 0 Å². The van der Waals surface area contributed by atoms with Gasteiger partial charge in [0.25, 0.3) is 0 Å². The second-order valence-electron chi connectivity index (χ2n) is 5.38. The van der Waals surface area contributed by atoms with Crippen LogP contribution in [0.5, 0.6) is 0 Å². The summed E-state index contributed by atoms with van der Waals surface area (Å²) in [5.41, 5.74) is 2.01. The van der Waals surface area contributed by atoms with Gasteiger partial charge < -0.3 is 10.2 Å². The second kappa shape index (κ2) is 6.80. The molecule has 0 aliphatic carbocycles. The molecule has 0 aliphatic rings. The minimum Gasteiger partial charge on any atom is -0.395 e. The van der Waals surface area contributed by atoms with Crippen molar-refractivity contribution >= 4 is 23.2 Å². The molecule has 0 saturated carbocycles. The molecule has 0 spiro atoms. The van der Waals surface area contributed by atoms with E-state index >= 15 is 0 Å². The van der Waals surface area contributed by atoms with Crippen LogP contribution in [0, 0.1) is 6.92 Å². The van der Waals surface area contributed by atoms with Crippen molar-refractivity contribution < 1.29 is 10.2 Å². The summed E-state index contributed by atoms with van der Waals surface area (Å²) >= 11 is 12.2. The molecule has 0 aromatic heterocycles. The van der Waals surface area contributed by atoms with E-state index in [0.29, 0.717) is 16.5 Å². The predicted octanol–water partition coefficient (Wildman–Crippen LogP) is 3.77. The fraction of sp³-hybridized carbons (Fsp3) is 0.294. The van der Waals surface area contributed by atoms with Crippen LogP contribution in [0.2, 0.25) is 10.0 Å². The fourth-order valence-corrected chi connectivity index (χ4v) is 2.84. The number of aliphatic hydroxyl groups is 2. The molecule has 0 amide bonds. The Kier molecular flexibility index (Phi) is 5.28. The maximum atomic E-state index is 9.91. The van der Waals surface area contributed by atoms with Gasteiger partial charge in [-0.3, -0.25) is 0 Å². The zero-order valence-corrected chi connectivity index (χ0v) is 13.3. The lowest BCUT2D eigenvalue weighted by Gasteiger charge is -2.31. The highest BCUT2D eigenvalue weighted by molar-refractivity contribution is 6.33. The van der Waals surface area contributed by atoms with Crippen molar-refractivity contribution in [2.45, 2.75) is 18.8 Å². The summed E-state index contributed by atoms with van der Waals surface area (Å²) in [5, 5.41) is 21.0. The Morgan fingerprint density at radius 2 is 1.71 bits per heavy atom. The van der Waals surface area contributed by atoms with Crippen molar-refractivity contribution in [2.75, 3.05) is 13.2 Å². The maximum Gasteiger partial charge on any atom is 0.0553 e. The van der Waals surface area contributed by atoms with Crippen LogP contribution in [0.3, 0.4) is 0 Å². The van der Waals surface area contributed by atoms with E-state index < -0.39 is 5.41 Å². The van der Waals surface area contributed by atoms with Gasteiger partial charge in [0.05, 0.1) is 13.2 Å². The lowest BCUT2D eigenvalue weighted by atomic mass is 9.76. The number of aliphatic hydroxyl groups excluding tert-OH is 2. The first-order valence-corrected chi connectivity index (χ1v) is 7.49. The minimum absolute atomic E-state index is 0.171. The summed E-state index contributed by atoms with van der Waals surface area (Å²) in [7, 11) is 0.